The van der Waals surface area contributed by atoms with E-state index >= 15 is 0 Å². The minimum Gasteiger partial charge on any atom is -0.376 e. The van der Waals surface area contributed by atoms with Crippen molar-refractivity contribution >= 4 is 33.2 Å². The fraction of sp³-hybridized carbons (Fsp3) is 0.462. The Bertz CT molecular complexity index is 560. The van der Waals surface area contributed by atoms with Crippen LogP contribution in [0.5, 0.6) is 0 Å². The number of benzene rings is 1. The van der Waals surface area contributed by atoms with Crippen LogP contribution >= 0.6 is 11.8 Å². The monoisotopic (exact) mass is 314 g/mol. The molecule has 7 heteroatoms. The van der Waals surface area contributed by atoms with Gasteiger partial charge in [0.05, 0.1) is 6.54 Å². The van der Waals surface area contributed by atoms with Crippen LogP contribution in [0.4, 0.5) is 5.69 Å². The molecule has 110 valence electrons. The number of nitrogens with one attached hydrogen (secondary N) is 1. The second-order valence-electron chi connectivity index (χ2n) is 4.67. The van der Waals surface area contributed by atoms with Gasteiger partial charge in [0.15, 0.2) is 9.84 Å². The number of hydrogen-bond donors (Lipinski definition) is 1. The zero-order valence-corrected chi connectivity index (χ0v) is 12.9. The lowest BCUT2D eigenvalue weighted by atomic mass is 10.3. The number of amides is 1. The summed E-state index contributed by atoms with van der Waals surface area (Å²) in [5.74, 6) is 1.06. The van der Waals surface area contributed by atoms with Crippen LogP contribution in [0.2, 0.25) is 0 Å². The zero-order chi connectivity index (χ0) is 14.6. The van der Waals surface area contributed by atoms with E-state index in [4.69, 9.17) is 0 Å². The molecule has 0 radical (unpaired) electrons. The smallest absolute Gasteiger partial charge is 0.242 e. The Hall–Kier alpha value is -1.21. The summed E-state index contributed by atoms with van der Waals surface area (Å²) in [6.07, 6.45) is 1.19. The van der Waals surface area contributed by atoms with Crippen molar-refractivity contribution in [3.8, 4) is 0 Å². The lowest BCUT2D eigenvalue weighted by Crippen LogP contribution is -2.51. The number of sulfone groups is 1. The summed E-state index contributed by atoms with van der Waals surface area (Å²) in [5, 5.41) is 2.32. The first-order chi connectivity index (χ1) is 9.48. The molecule has 2 rings (SSSR count). The van der Waals surface area contributed by atoms with Gasteiger partial charge in [0.1, 0.15) is 5.37 Å². The Morgan fingerprint density at radius 3 is 2.75 bits per heavy atom. The van der Waals surface area contributed by atoms with E-state index in [2.05, 4.69) is 5.32 Å². The molecule has 1 saturated heterocycles. The van der Waals surface area contributed by atoms with Crippen LogP contribution in [-0.2, 0) is 14.6 Å². The molecule has 20 heavy (non-hydrogen) atoms. The van der Waals surface area contributed by atoms with Crippen molar-refractivity contribution in [2.45, 2.75) is 5.37 Å². The first kappa shape index (κ1) is 15.2. The van der Waals surface area contributed by atoms with Gasteiger partial charge in [-0.15, -0.1) is 0 Å². The van der Waals surface area contributed by atoms with Crippen LogP contribution in [-0.4, -0.2) is 55.4 Å². The predicted octanol–water partition coefficient (Wildman–Crippen LogP) is 1.04. The van der Waals surface area contributed by atoms with Gasteiger partial charge in [-0.1, -0.05) is 18.2 Å². The van der Waals surface area contributed by atoms with E-state index in [1.54, 1.807) is 11.8 Å². The van der Waals surface area contributed by atoms with Gasteiger partial charge < -0.3 is 10.2 Å². The van der Waals surface area contributed by atoms with Crippen LogP contribution in [0.25, 0.3) is 0 Å². The fourth-order valence-corrected chi connectivity index (χ4v) is 4.89. The highest BCUT2D eigenvalue weighted by atomic mass is 32.2. The molecule has 0 aromatic heterocycles. The summed E-state index contributed by atoms with van der Waals surface area (Å²) in [7, 11) is -3.25. The van der Waals surface area contributed by atoms with Crippen LogP contribution in [0.3, 0.4) is 0 Å². The van der Waals surface area contributed by atoms with E-state index in [1.807, 2.05) is 30.3 Å². The molecule has 1 atom stereocenters. The van der Waals surface area contributed by atoms with Crippen molar-refractivity contribution < 1.29 is 13.2 Å². The van der Waals surface area contributed by atoms with Crippen molar-refractivity contribution in [2.24, 2.45) is 0 Å². The SMILES string of the molecule is CS(=O)(=O)C1CSCCN1C(=O)CNc1ccccc1. The third-order valence-electron chi connectivity index (χ3n) is 3.12. The number of rotatable bonds is 4. The van der Waals surface area contributed by atoms with Crippen LogP contribution < -0.4 is 5.32 Å². The minimum absolute atomic E-state index is 0.112. The molecule has 5 nitrogen and oxygen atoms in total. The summed E-state index contributed by atoms with van der Waals surface area (Å²) < 4.78 is 23.5. The molecule has 1 heterocycles. The molecule has 0 spiro atoms. The van der Waals surface area contributed by atoms with Crippen molar-refractivity contribution in [3.63, 3.8) is 0 Å². The Labute approximate surface area is 123 Å². The Morgan fingerprint density at radius 1 is 1.40 bits per heavy atom. The van der Waals surface area contributed by atoms with E-state index in [-0.39, 0.29) is 12.5 Å². The summed E-state index contributed by atoms with van der Waals surface area (Å²) in [5.41, 5.74) is 0.850. The van der Waals surface area contributed by atoms with Crippen molar-refractivity contribution in [2.75, 3.05) is 36.2 Å². The first-order valence-electron chi connectivity index (χ1n) is 6.33. The average molecular weight is 314 g/mol. The number of nitrogens with zero attached hydrogens (tertiary/aromatic N) is 1. The summed E-state index contributed by atoms with van der Waals surface area (Å²) in [6, 6.07) is 9.39. The molecule has 0 bridgehead atoms. The molecule has 1 aromatic carbocycles. The van der Waals surface area contributed by atoms with Crippen molar-refractivity contribution in [1.29, 1.82) is 0 Å². The summed E-state index contributed by atoms with van der Waals surface area (Å²) in [6.45, 7) is 0.596. The van der Waals surface area contributed by atoms with Crippen molar-refractivity contribution in [3.05, 3.63) is 30.3 Å². The molecule has 1 aromatic rings. The lowest BCUT2D eigenvalue weighted by Gasteiger charge is -2.34. The molecule has 1 fully saturated rings. The molecular formula is C13H18N2O3S2. The van der Waals surface area contributed by atoms with E-state index in [1.165, 1.54) is 11.2 Å². The normalized spacial score (nSPS) is 19.6. The maximum atomic E-state index is 12.2. The topological polar surface area (TPSA) is 66.5 Å². The van der Waals surface area contributed by atoms with Crippen LogP contribution in [0.15, 0.2) is 30.3 Å². The third-order valence-corrected chi connectivity index (χ3v) is 5.76. The Morgan fingerprint density at radius 2 is 2.10 bits per heavy atom. The van der Waals surface area contributed by atoms with Gasteiger partial charge in [0.2, 0.25) is 5.91 Å². The highest BCUT2D eigenvalue weighted by molar-refractivity contribution is 8.00. The Kier molecular flexibility index (Phi) is 4.93. The summed E-state index contributed by atoms with van der Waals surface area (Å²) >= 11 is 1.57. The number of carbonyl (C=O) groups excluding carboxylic acids is 1. The lowest BCUT2D eigenvalue weighted by molar-refractivity contribution is -0.129. The zero-order valence-electron chi connectivity index (χ0n) is 11.3. The van der Waals surface area contributed by atoms with Gasteiger partial charge in [-0.05, 0) is 12.1 Å². The molecule has 1 unspecified atom stereocenters. The number of anilines is 1. The number of para-hydroxylation sites is 1. The maximum Gasteiger partial charge on any atom is 0.242 e. The molecule has 0 saturated carbocycles. The van der Waals surface area contributed by atoms with Gasteiger partial charge in [-0.25, -0.2) is 8.42 Å². The molecule has 0 aliphatic carbocycles. The van der Waals surface area contributed by atoms with E-state index < -0.39 is 15.2 Å². The minimum atomic E-state index is -3.25. The third kappa shape index (κ3) is 3.89. The predicted molar refractivity (Wildman–Crippen MR) is 82.6 cm³/mol. The van der Waals surface area contributed by atoms with Crippen LogP contribution in [0, 0.1) is 0 Å². The van der Waals surface area contributed by atoms with E-state index in [0.29, 0.717) is 12.3 Å². The maximum absolute atomic E-state index is 12.2. The number of carbonyl (C=O) groups is 1. The highest BCUT2D eigenvalue weighted by Crippen LogP contribution is 2.20. The highest BCUT2D eigenvalue weighted by Gasteiger charge is 2.33. The number of hydrogen-bond acceptors (Lipinski definition) is 5. The summed E-state index contributed by atoms with van der Waals surface area (Å²) in [4.78, 5) is 13.7. The first-order valence-corrected chi connectivity index (χ1v) is 9.44. The van der Waals surface area contributed by atoms with Gasteiger partial charge in [0.25, 0.3) is 0 Å². The van der Waals surface area contributed by atoms with E-state index in [9.17, 15) is 13.2 Å². The fourth-order valence-electron chi connectivity index (χ4n) is 2.06. The average Bonchev–Trinajstić information content (AvgIpc) is 2.45. The second kappa shape index (κ2) is 6.49. The van der Waals surface area contributed by atoms with Gasteiger partial charge in [0, 0.05) is 30.0 Å². The van der Waals surface area contributed by atoms with E-state index in [0.717, 1.165) is 11.4 Å². The quantitative estimate of drug-likeness (QED) is 0.899. The largest absolute Gasteiger partial charge is 0.376 e. The molecule has 1 N–H and O–H groups in total. The van der Waals surface area contributed by atoms with Crippen LogP contribution in [0.1, 0.15) is 0 Å². The Balaban J connectivity index is 2.00. The number of thioether (sulfide) groups is 1. The van der Waals surface area contributed by atoms with Crippen molar-refractivity contribution in [1.82, 2.24) is 4.90 Å². The van der Waals surface area contributed by atoms with Gasteiger partial charge >= 0.3 is 0 Å². The molecular weight excluding hydrogens is 296 g/mol. The van der Waals surface area contributed by atoms with Gasteiger partial charge in [-0.3, -0.25) is 4.79 Å². The second-order valence-corrected chi connectivity index (χ2v) is 8.02. The molecule has 1 amide bonds. The standard InChI is InChI=1S/C13H18N2O3S2/c1-20(17,18)13-10-19-8-7-15(13)12(16)9-14-11-5-3-2-4-6-11/h2-6,13-14H,7-10H2,1H3. The van der Waals surface area contributed by atoms with Gasteiger partial charge in [-0.2, -0.15) is 11.8 Å². The molecule has 1 aliphatic heterocycles. The molecule has 1 aliphatic rings.